The van der Waals surface area contributed by atoms with Crippen LogP contribution >= 0.6 is 0 Å². The van der Waals surface area contributed by atoms with Crippen molar-refractivity contribution in [2.45, 2.75) is 13.3 Å². The van der Waals surface area contributed by atoms with Gasteiger partial charge in [-0.1, -0.05) is 25.1 Å². The second-order valence-corrected chi connectivity index (χ2v) is 1.94. The smallest absolute Gasteiger partial charge is 0.126 e. The van der Waals surface area contributed by atoms with Crippen LogP contribution in [-0.2, 0) is 6.42 Å². The fraction of sp³-hybridized carbons (Fsp3) is 0.250. The molecule has 0 unspecified atom stereocenters. The van der Waals surface area contributed by atoms with Crippen LogP contribution in [0.15, 0.2) is 24.3 Å². The van der Waals surface area contributed by atoms with Crippen molar-refractivity contribution in [1.29, 1.82) is 0 Å². The third-order valence-corrected chi connectivity index (χ3v) is 1.34. The summed E-state index contributed by atoms with van der Waals surface area (Å²) in [7, 11) is 0. The van der Waals surface area contributed by atoms with E-state index in [4.69, 9.17) is 0 Å². The normalized spacial score (nSPS) is 8.60. The average molecular weight is 141 g/mol. The quantitative estimate of drug-likeness (QED) is 0.640. The van der Waals surface area contributed by atoms with Crippen LogP contribution in [0.4, 0.5) is 4.39 Å². The van der Waals surface area contributed by atoms with Crippen molar-refractivity contribution in [3.05, 3.63) is 35.6 Å². The SMILES string of the molecule is CCc1ccccc1F.N. The minimum absolute atomic E-state index is 0. The van der Waals surface area contributed by atoms with Crippen LogP contribution < -0.4 is 6.15 Å². The fourth-order valence-electron chi connectivity index (χ4n) is 0.785. The molecule has 1 aromatic carbocycles. The van der Waals surface area contributed by atoms with Crippen molar-refractivity contribution in [1.82, 2.24) is 6.15 Å². The summed E-state index contributed by atoms with van der Waals surface area (Å²) in [5.41, 5.74) is 0.789. The largest absolute Gasteiger partial charge is 0.344 e. The summed E-state index contributed by atoms with van der Waals surface area (Å²) in [6.45, 7) is 1.94. The Bertz CT molecular complexity index is 198. The maximum Gasteiger partial charge on any atom is 0.126 e. The number of hydrogen-bond donors (Lipinski definition) is 1. The minimum atomic E-state index is -0.0972. The van der Waals surface area contributed by atoms with Gasteiger partial charge in [0.2, 0.25) is 0 Å². The number of aryl methyl sites for hydroxylation is 1. The van der Waals surface area contributed by atoms with Crippen molar-refractivity contribution in [3.8, 4) is 0 Å². The third-order valence-electron chi connectivity index (χ3n) is 1.34. The molecule has 0 atom stereocenters. The highest BCUT2D eigenvalue weighted by Crippen LogP contribution is 2.05. The molecule has 0 aliphatic rings. The van der Waals surface area contributed by atoms with Gasteiger partial charge < -0.3 is 6.15 Å². The molecule has 3 N–H and O–H groups in total. The van der Waals surface area contributed by atoms with Crippen molar-refractivity contribution in [3.63, 3.8) is 0 Å². The molecule has 0 radical (unpaired) electrons. The Morgan fingerprint density at radius 1 is 1.30 bits per heavy atom. The van der Waals surface area contributed by atoms with Gasteiger partial charge in [-0.2, -0.15) is 0 Å². The number of hydrogen-bond acceptors (Lipinski definition) is 1. The summed E-state index contributed by atoms with van der Waals surface area (Å²) < 4.78 is 12.6. The third kappa shape index (κ3) is 1.81. The highest BCUT2D eigenvalue weighted by molar-refractivity contribution is 5.16. The molecule has 0 saturated carbocycles. The van der Waals surface area contributed by atoms with E-state index in [1.165, 1.54) is 6.07 Å². The molecule has 0 heterocycles. The van der Waals surface area contributed by atoms with Crippen LogP contribution in [0, 0.1) is 5.82 Å². The van der Waals surface area contributed by atoms with E-state index in [1.807, 2.05) is 13.0 Å². The van der Waals surface area contributed by atoms with E-state index in [0.29, 0.717) is 0 Å². The Balaban J connectivity index is 0.000000810. The summed E-state index contributed by atoms with van der Waals surface area (Å²) in [6.07, 6.45) is 0.771. The molecule has 1 rings (SSSR count). The Kier molecular flexibility index (Phi) is 3.65. The first-order chi connectivity index (χ1) is 4.34. The minimum Gasteiger partial charge on any atom is -0.344 e. The van der Waals surface area contributed by atoms with Crippen molar-refractivity contribution in [2.75, 3.05) is 0 Å². The molecule has 0 aliphatic heterocycles. The zero-order chi connectivity index (χ0) is 6.69. The van der Waals surface area contributed by atoms with Gasteiger partial charge in [-0.05, 0) is 18.1 Å². The first-order valence-electron chi connectivity index (χ1n) is 3.08. The summed E-state index contributed by atoms with van der Waals surface area (Å²) in [5, 5.41) is 0. The molecule has 0 fully saturated rings. The molecule has 0 saturated heterocycles. The van der Waals surface area contributed by atoms with Gasteiger partial charge >= 0.3 is 0 Å². The van der Waals surface area contributed by atoms with Crippen LogP contribution in [0.25, 0.3) is 0 Å². The van der Waals surface area contributed by atoms with E-state index < -0.39 is 0 Å². The molecule has 0 aliphatic carbocycles. The Morgan fingerprint density at radius 2 is 1.90 bits per heavy atom. The lowest BCUT2D eigenvalue weighted by Crippen LogP contribution is -1.83. The summed E-state index contributed by atoms with van der Waals surface area (Å²) in [5.74, 6) is -0.0972. The lowest BCUT2D eigenvalue weighted by molar-refractivity contribution is 0.612. The first-order valence-corrected chi connectivity index (χ1v) is 3.08. The van der Waals surface area contributed by atoms with Crippen LogP contribution in [-0.4, -0.2) is 0 Å². The molecular weight excluding hydrogens is 129 g/mol. The Labute approximate surface area is 60.5 Å². The zero-order valence-corrected chi connectivity index (χ0v) is 6.10. The van der Waals surface area contributed by atoms with Gasteiger partial charge in [0, 0.05) is 0 Å². The van der Waals surface area contributed by atoms with Crippen molar-refractivity contribution < 1.29 is 4.39 Å². The first kappa shape index (κ1) is 9.11. The molecule has 0 amide bonds. The van der Waals surface area contributed by atoms with Crippen LogP contribution in [0.3, 0.4) is 0 Å². The van der Waals surface area contributed by atoms with Crippen LogP contribution in [0.2, 0.25) is 0 Å². The maximum absolute atomic E-state index is 12.6. The molecule has 0 bridgehead atoms. The topological polar surface area (TPSA) is 35.0 Å². The van der Waals surface area contributed by atoms with Crippen molar-refractivity contribution in [2.24, 2.45) is 0 Å². The molecule has 56 valence electrons. The summed E-state index contributed by atoms with van der Waals surface area (Å²) in [6, 6.07) is 6.84. The standard InChI is InChI=1S/C8H9F.H3N/c1-2-7-5-3-4-6-8(7)9;/h3-6H,2H2,1H3;1H3. The highest BCUT2D eigenvalue weighted by atomic mass is 19.1. The van der Waals surface area contributed by atoms with Gasteiger partial charge in [-0.15, -0.1) is 0 Å². The zero-order valence-electron chi connectivity index (χ0n) is 6.10. The number of halogens is 1. The Hall–Kier alpha value is -0.890. The monoisotopic (exact) mass is 141 g/mol. The number of rotatable bonds is 1. The molecule has 1 nitrogen and oxygen atoms in total. The van der Waals surface area contributed by atoms with E-state index in [-0.39, 0.29) is 12.0 Å². The van der Waals surface area contributed by atoms with E-state index in [0.717, 1.165) is 12.0 Å². The molecule has 0 aromatic heterocycles. The van der Waals surface area contributed by atoms with E-state index in [2.05, 4.69) is 0 Å². The predicted octanol–water partition coefficient (Wildman–Crippen LogP) is 2.55. The van der Waals surface area contributed by atoms with Crippen LogP contribution in [0.5, 0.6) is 0 Å². The Morgan fingerprint density at radius 3 is 2.30 bits per heavy atom. The van der Waals surface area contributed by atoms with Gasteiger partial charge in [0.1, 0.15) is 5.82 Å². The highest BCUT2D eigenvalue weighted by Gasteiger charge is 1.93. The summed E-state index contributed by atoms with van der Waals surface area (Å²) >= 11 is 0. The molecule has 10 heavy (non-hydrogen) atoms. The van der Waals surface area contributed by atoms with Gasteiger partial charge in [-0.3, -0.25) is 0 Å². The van der Waals surface area contributed by atoms with Gasteiger partial charge in [-0.25, -0.2) is 4.39 Å². The van der Waals surface area contributed by atoms with Crippen molar-refractivity contribution >= 4 is 0 Å². The average Bonchev–Trinajstić information content (AvgIpc) is 1.89. The van der Waals surface area contributed by atoms with Crippen LogP contribution in [0.1, 0.15) is 12.5 Å². The maximum atomic E-state index is 12.6. The molecule has 2 heteroatoms. The second-order valence-electron chi connectivity index (χ2n) is 1.94. The molecule has 1 aromatic rings. The van der Waals surface area contributed by atoms with Gasteiger partial charge in [0.25, 0.3) is 0 Å². The second kappa shape index (κ2) is 4.01. The predicted molar refractivity (Wildman–Crippen MR) is 40.8 cm³/mol. The number of benzene rings is 1. The molecular formula is C8H12FN. The van der Waals surface area contributed by atoms with Gasteiger partial charge in [0.15, 0.2) is 0 Å². The summed E-state index contributed by atoms with van der Waals surface area (Å²) in [4.78, 5) is 0. The van der Waals surface area contributed by atoms with Gasteiger partial charge in [0.05, 0.1) is 0 Å². The van der Waals surface area contributed by atoms with E-state index in [9.17, 15) is 4.39 Å². The van der Waals surface area contributed by atoms with E-state index in [1.54, 1.807) is 12.1 Å². The van der Waals surface area contributed by atoms with E-state index >= 15 is 0 Å². The lowest BCUT2D eigenvalue weighted by atomic mass is 10.2. The molecule has 0 spiro atoms. The lowest BCUT2D eigenvalue weighted by Gasteiger charge is -1.94. The fourth-order valence-corrected chi connectivity index (χ4v) is 0.785.